The number of carbonyl (C=O) groups excluding carboxylic acids is 1. The Labute approximate surface area is 156 Å². The van der Waals surface area contributed by atoms with Gasteiger partial charge in [0, 0.05) is 15.6 Å². The molecule has 25 heavy (non-hydrogen) atoms. The molecule has 0 aromatic heterocycles. The van der Waals surface area contributed by atoms with Gasteiger partial charge < -0.3 is 10.2 Å². The van der Waals surface area contributed by atoms with Crippen LogP contribution < -0.4 is 10.2 Å². The summed E-state index contributed by atoms with van der Waals surface area (Å²) in [6.45, 7) is 6.93. The summed E-state index contributed by atoms with van der Waals surface area (Å²) in [4.78, 5) is 14.5. The van der Waals surface area contributed by atoms with Gasteiger partial charge >= 0.3 is 0 Å². The molecule has 2 aromatic carbocycles. The number of nitrogens with zero attached hydrogens (tertiary/aromatic N) is 1. The van der Waals surface area contributed by atoms with Gasteiger partial charge in [-0.25, -0.2) is 0 Å². The van der Waals surface area contributed by atoms with Crippen molar-refractivity contribution < 1.29 is 4.79 Å². The van der Waals surface area contributed by atoms with Gasteiger partial charge in [0.15, 0.2) is 0 Å². The first-order valence-corrected chi connectivity index (χ1v) is 9.27. The van der Waals surface area contributed by atoms with Crippen LogP contribution in [-0.4, -0.2) is 18.1 Å². The Hall–Kier alpha value is -2.07. The van der Waals surface area contributed by atoms with Crippen LogP contribution in [-0.2, 0) is 10.2 Å². The normalized spacial score (nSPS) is 23.7. The van der Waals surface area contributed by atoms with E-state index in [-0.39, 0.29) is 11.3 Å². The number of aryl methyl sites for hydroxylation is 1. The van der Waals surface area contributed by atoms with Crippen molar-refractivity contribution in [1.82, 2.24) is 5.32 Å². The second-order valence-corrected chi connectivity index (χ2v) is 8.35. The van der Waals surface area contributed by atoms with E-state index in [1.54, 1.807) is 0 Å². The number of benzene rings is 2. The van der Waals surface area contributed by atoms with Crippen LogP contribution in [0.3, 0.4) is 0 Å². The van der Waals surface area contributed by atoms with Gasteiger partial charge in [0.2, 0.25) is 5.91 Å². The van der Waals surface area contributed by atoms with Gasteiger partial charge in [0.25, 0.3) is 0 Å². The van der Waals surface area contributed by atoms with Crippen molar-refractivity contribution in [3.8, 4) is 0 Å². The van der Waals surface area contributed by atoms with Crippen LogP contribution >= 0.6 is 15.9 Å². The fraction of sp³-hybridized carbons (Fsp3) is 0.286. The molecule has 4 heteroatoms. The van der Waals surface area contributed by atoms with Crippen LogP contribution in [0.5, 0.6) is 0 Å². The summed E-state index contributed by atoms with van der Waals surface area (Å²) >= 11 is 3.52. The molecule has 4 rings (SSSR count). The Morgan fingerprint density at radius 3 is 2.76 bits per heavy atom. The molecule has 2 heterocycles. The summed E-state index contributed by atoms with van der Waals surface area (Å²) in [6, 6.07) is 14.7. The van der Waals surface area contributed by atoms with Crippen LogP contribution in [0.2, 0.25) is 0 Å². The first-order valence-electron chi connectivity index (χ1n) is 8.48. The van der Waals surface area contributed by atoms with Crippen molar-refractivity contribution in [2.24, 2.45) is 0 Å². The monoisotopic (exact) mass is 396 g/mol. The van der Waals surface area contributed by atoms with Crippen LogP contribution in [0.4, 0.5) is 5.69 Å². The van der Waals surface area contributed by atoms with Crippen molar-refractivity contribution in [2.45, 2.75) is 31.8 Å². The first-order chi connectivity index (χ1) is 11.8. The van der Waals surface area contributed by atoms with Gasteiger partial charge in [-0.15, -0.1) is 0 Å². The first kappa shape index (κ1) is 16.4. The van der Waals surface area contributed by atoms with E-state index in [2.05, 4.69) is 89.4 Å². The molecule has 0 spiro atoms. The molecule has 2 aliphatic rings. The molecule has 1 N–H and O–H groups in total. The van der Waals surface area contributed by atoms with E-state index in [1.807, 2.05) is 12.1 Å². The highest BCUT2D eigenvalue weighted by Crippen LogP contribution is 2.53. The maximum Gasteiger partial charge on any atom is 0.241 e. The SMILES string of the molecule is Cc1ccc2c(c1)C(C)(C)C1(C=Cc3cccc(Br)c3)NC(=O)CN21. The van der Waals surface area contributed by atoms with Gasteiger partial charge in [0.1, 0.15) is 5.66 Å². The third-order valence-corrected chi connectivity index (χ3v) is 5.99. The van der Waals surface area contributed by atoms with Crippen molar-refractivity contribution in [1.29, 1.82) is 0 Å². The topological polar surface area (TPSA) is 32.3 Å². The minimum Gasteiger partial charge on any atom is -0.335 e. The molecule has 1 saturated heterocycles. The van der Waals surface area contributed by atoms with Crippen molar-refractivity contribution in [3.05, 3.63) is 69.7 Å². The summed E-state index contributed by atoms with van der Waals surface area (Å²) in [5.41, 5.74) is 4.00. The lowest BCUT2D eigenvalue weighted by atomic mass is 9.75. The predicted octanol–water partition coefficient (Wildman–Crippen LogP) is 4.39. The van der Waals surface area contributed by atoms with Crippen molar-refractivity contribution >= 4 is 33.6 Å². The number of hydrogen-bond acceptors (Lipinski definition) is 2. The van der Waals surface area contributed by atoms with Gasteiger partial charge in [-0.1, -0.05) is 65.7 Å². The lowest BCUT2D eigenvalue weighted by Crippen LogP contribution is -2.58. The molecule has 0 radical (unpaired) electrons. The smallest absolute Gasteiger partial charge is 0.241 e. The van der Waals surface area contributed by atoms with E-state index in [1.165, 1.54) is 11.1 Å². The highest BCUT2D eigenvalue weighted by atomic mass is 79.9. The third-order valence-electron chi connectivity index (χ3n) is 5.49. The number of amides is 1. The van der Waals surface area contributed by atoms with Crippen LogP contribution in [0.25, 0.3) is 6.08 Å². The average Bonchev–Trinajstić information content (AvgIpc) is 2.98. The molecule has 0 bridgehead atoms. The lowest BCUT2D eigenvalue weighted by molar-refractivity contribution is -0.118. The molecule has 1 amide bonds. The number of nitrogens with one attached hydrogen (secondary N) is 1. The molecule has 2 aromatic rings. The van der Waals surface area contributed by atoms with Crippen LogP contribution in [0, 0.1) is 6.92 Å². The molecular formula is C21H21BrN2O. The van der Waals surface area contributed by atoms with E-state index in [0.29, 0.717) is 6.54 Å². The maximum absolute atomic E-state index is 12.3. The Balaban J connectivity index is 1.85. The van der Waals surface area contributed by atoms with Gasteiger partial charge in [-0.3, -0.25) is 4.79 Å². The molecular weight excluding hydrogens is 376 g/mol. The zero-order valence-electron chi connectivity index (χ0n) is 14.6. The van der Waals surface area contributed by atoms with Gasteiger partial charge in [-0.05, 0) is 42.3 Å². The third kappa shape index (κ3) is 2.35. The number of halogens is 1. The number of fused-ring (bicyclic) bond motifs is 3. The second kappa shape index (κ2) is 5.46. The standard InChI is InChI=1S/C21H21BrN2O/c1-14-7-8-18-17(11-14)20(2,3)21(23-19(25)13-24(18)21)10-9-15-5-4-6-16(22)12-15/h4-12H,13H2,1-3H3,(H,23,25). The molecule has 1 atom stereocenters. The van der Waals surface area contributed by atoms with Crippen molar-refractivity contribution in [3.63, 3.8) is 0 Å². The molecule has 128 valence electrons. The minimum atomic E-state index is -0.539. The second-order valence-electron chi connectivity index (χ2n) is 7.43. The number of anilines is 1. The van der Waals surface area contributed by atoms with Gasteiger partial charge in [-0.2, -0.15) is 0 Å². The summed E-state index contributed by atoms with van der Waals surface area (Å²) < 4.78 is 1.05. The van der Waals surface area contributed by atoms with Gasteiger partial charge in [0.05, 0.1) is 6.54 Å². The highest BCUT2D eigenvalue weighted by Gasteiger charge is 2.59. The molecule has 0 saturated carbocycles. The van der Waals surface area contributed by atoms with Crippen LogP contribution in [0.15, 0.2) is 53.0 Å². The Morgan fingerprint density at radius 1 is 1.20 bits per heavy atom. The number of hydrogen-bond donors (Lipinski definition) is 1. The summed E-state index contributed by atoms with van der Waals surface area (Å²) in [5, 5.41) is 3.26. The zero-order valence-corrected chi connectivity index (χ0v) is 16.2. The summed E-state index contributed by atoms with van der Waals surface area (Å²) in [5.74, 6) is 0.0678. The predicted molar refractivity (Wildman–Crippen MR) is 106 cm³/mol. The number of carbonyl (C=O) groups is 1. The number of rotatable bonds is 2. The molecule has 3 nitrogen and oxygen atoms in total. The Kier molecular flexibility index (Phi) is 3.58. The van der Waals surface area contributed by atoms with Crippen molar-refractivity contribution in [2.75, 3.05) is 11.4 Å². The maximum atomic E-state index is 12.3. The Bertz CT molecular complexity index is 903. The molecule has 2 aliphatic heterocycles. The highest BCUT2D eigenvalue weighted by molar-refractivity contribution is 9.10. The quantitative estimate of drug-likeness (QED) is 0.815. The fourth-order valence-corrected chi connectivity index (χ4v) is 4.53. The molecule has 1 unspecified atom stereocenters. The zero-order chi connectivity index (χ0) is 17.8. The molecule has 1 fully saturated rings. The van der Waals surface area contributed by atoms with Crippen LogP contribution in [0.1, 0.15) is 30.5 Å². The fourth-order valence-electron chi connectivity index (χ4n) is 4.11. The molecule has 0 aliphatic carbocycles. The van der Waals surface area contributed by atoms with E-state index in [9.17, 15) is 4.79 Å². The summed E-state index contributed by atoms with van der Waals surface area (Å²) in [6.07, 6.45) is 4.25. The Morgan fingerprint density at radius 2 is 2.00 bits per heavy atom. The largest absolute Gasteiger partial charge is 0.335 e. The average molecular weight is 397 g/mol. The van der Waals surface area contributed by atoms with E-state index >= 15 is 0 Å². The van der Waals surface area contributed by atoms with E-state index < -0.39 is 5.66 Å². The minimum absolute atomic E-state index is 0.0678. The van der Waals surface area contributed by atoms with E-state index in [0.717, 1.165) is 15.7 Å². The van der Waals surface area contributed by atoms with E-state index in [4.69, 9.17) is 0 Å². The summed E-state index contributed by atoms with van der Waals surface area (Å²) in [7, 11) is 0. The lowest BCUT2D eigenvalue weighted by Gasteiger charge is -2.40.